The maximum Gasteiger partial charge on any atom is 0.237 e. The van der Waals surface area contributed by atoms with Crippen molar-refractivity contribution in [2.24, 2.45) is 5.10 Å². The van der Waals surface area contributed by atoms with Crippen LogP contribution < -0.4 is 5.43 Å². The second-order valence-electron chi connectivity index (χ2n) is 4.08. The Hall–Kier alpha value is -2.37. The molecule has 98 valence electrons. The van der Waals surface area contributed by atoms with Crippen LogP contribution in [0.2, 0.25) is 0 Å². The van der Waals surface area contributed by atoms with Gasteiger partial charge in [0.1, 0.15) is 12.1 Å². The Labute approximate surface area is 112 Å². The number of para-hydroxylation sites is 1. The molecule has 0 heterocycles. The maximum absolute atomic E-state index is 10.5. The van der Waals surface area contributed by atoms with Crippen LogP contribution in [-0.2, 0) is 5.60 Å². The van der Waals surface area contributed by atoms with Crippen LogP contribution in [0.15, 0.2) is 29.4 Å². The van der Waals surface area contributed by atoms with Crippen molar-refractivity contribution in [3.63, 3.8) is 0 Å². The van der Waals surface area contributed by atoms with Crippen LogP contribution in [0.25, 0.3) is 0 Å². The molecule has 1 aromatic rings. The molecule has 0 amide bonds. The lowest BCUT2D eigenvalue weighted by molar-refractivity contribution is 0.0291. The van der Waals surface area contributed by atoms with E-state index in [1.807, 2.05) is 26.0 Å². The van der Waals surface area contributed by atoms with Crippen LogP contribution in [0.4, 0.5) is 5.69 Å². The van der Waals surface area contributed by atoms with E-state index >= 15 is 0 Å². The van der Waals surface area contributed by atoms with Crippen LogP contribution in [0.1, 0.15) is 32.3 Å². The number of rotatable bonds is 5. The molecule has 2 N–H and O–H groups in total. The number of hydrogen-bond acceptors (Lipinski definition) is 5. The van der Waals surface area contributed by atoms with Crippen LogP contribution in [0, 0.1) is 22.7 Å². The van der Waals surface area contributed by atoms with E-state index in [-0.39, 0.29) is 5.71 Å². The zero-order chi connectivity index (χ0) is 14.3. The third kappa shape index (κ3) is 3.31. The predicted octanol–water partition coefficient (Wildman–Crippen LogP) is 2.51. The lowest BCUT2D eigenvalue weighted by Gasteiger charge is -2.27. The van der Waals surface area contributed by atoms with Crippen molar-refractivity contribution in [1.29, 1.82) is 10.5 Å². The SMILES string of the molecule is CCC(O)(CC)c1ccccc1NN=C(C#N)C#N. The molecule has 0 aromatic heterocycles. The Morgan fingerprint density at radius 1 is 1.26 bits per heavy atom. The molecule has 1 aromatic carbocycles. The zero-order valence-corrected chi connectivity index (χ0v) is 11.0. The van der Waals surface area contributed by atoms with Crippen molar-refractivity contribution in [1.82, 2.24) is 0 Å². The number of nitrogens with one attached hydrogen (secondary N) is 1. The Morgan fingerprint density at radius 2 is 1.84 bits per heavy atom. The van der Waals surface area contributed by atoms with Gasteiger partial charge in [0.05, 0.1) is 11.3 Å². The largest absolute Gasteiger partial charge is 0.385 e. The highest BCUT2D eigenvalue weighted by atomic mass is 16.3. The van der Waals surface area contributed by atoms with Crippen molar-refractivity contribution in [2.75, 3.05) is 5.43 Å². The van der Waals surface area contributed by atoms with Gasteiger partial charge in [-0.05, 0) is 18.9 Å². The highest BCUT2D eigenvalue weighted by Gasteiger charge is 2.27. The van der Waals surface area contributed by atoms with Crippen molar-refractivity contribution >= 4 is 11.4 Å². The lowest BCUT2D eigenvalue weighted by Crippen LogP contribution is -2.24. The number of aliphatic hydroxyl groups is 1. The quantitative estimate of drug-likeness (QED) is 0.625. The number of benzene rings is 1. The summed E-state index contributed by atoms with van der Waals surface area (Å²) >= 11 is 0. The van der Waals surface area contributed by atoms with Gasteiger partial charge in [-0.15, -0.1) is 0 Å². The topological polar surface area (TPSA) is 92.2 Å². The van der Waals surface area contributed by atoms with Gasteiger partial charge in [0.15, 0.2) is 0 Å². The summed E-state index contributed by atoms with van der Waals surface area (Å²) in [6.45, 7) is 3.80. The van der Waals surface area contributed by atoms with Crippen molar-refractivity contribution in [3.05, 3.63) is 29.8 Å². The molecule has 0 radical (unpaired) electrons. The molecule has 5 heteroatoms. The molecular weight excluding hydrogens is 240 g/mol. The van der Waals surface area contributed by atoms with Gasteiger partial charge in [0.2, 0.25) is 5.71 Å². The second kappa shape index (κ2) is 6.53. The molecule has 5 nitrogen and oxygen atoms in total. The second-order valence-corrected chi connectivity index (χ2v) is 4.08. The fourth-order valence-corrected chi connectivity index (χ4v) is 1.81. The highest BCUT2D eigenvalue weighted by Crippen LogP contribution is 2.33. The molecule has 0 unspecified atom stereocenters. The van der Waals surface area contributed by atoms with Crippen LogP contribution in [0.3, 0.4) is 0 Å². The first kappa shape index (κ1) is 14.7. The third-order valence-electron chi connectivity index (χ3n) is 3.10. The van der Waals surface area contributed by atoms with Gasteiger partial charge in [0.25, 0.3) is 0 Å². The molecule has 0 saturated heterocycles. The van der Waals surface area contributed by atoms with E-state index < -0.39 is 5.60 Å². The van der Waals surface area contributed by atoms with Gasteiger partial charge in [-0.2, -0.15) is 15.6 Å². The Morgan fingerprint density at radius 3 is 2.37 bits per heavy atom. The first-order valence-electron chi connectivity index (χ1n) is 6.07. The molecule has 0 aliphatic heterocycles. The number of hydrazone groups is 1. The van der Waals surface area contributed by atoms with E-state index in [9.17, 15) is 5.11 Å². The third-order valence-corrected chi connectivity index (χ3v) is 3.10. The fourth-order valence-electron chi connectivity index (χ4n) is 1.81. The molecule has 0 aliphatic carbocycles. The minimum Gasteiger partial charge on any atom is -0.385 e. The summed E-state index contributed by atoms with van der Waals surface area (Å²) in [5.74, 6) is 0. The average Bonchev–Trinajstić information content (AvgIpc) is 2.48. The van der Waals surface area contributed by atoms with Crippen LogP contribution in [-0.4, -0.2) is 10.8 Å². The molecule has 0 bridgehead atoms. The number of nitrogens with zero attached hydrogens (tertiary/aromatic N) is 3. The summed E-state index contributed by atoms with van der Waals surface area (Å²) < 4.78 is 0. The van der Waals surface area contributed by atoms with E-state index in [1.165, 1.54) is 0 Å². The van der Waals surface area contributed by atoms with Gasteiger partial charge in [-0.1, -0.05) is 32.0 Å². The van der Waals surface area contributed by atoms with Crippen molar-refractivity contribution in [3.8, 4) is 12.1 Å². The lowest BCUT2D eigenvalue weighted by atomic mass is 9.87. The summed E-state index contributed by atoms with van der Waals surface area (Å²) in [6.07, 6.45) is 1.13. The summed E-state index contributed by atoms with van der Waals surface area (Å²) in [5.41, 5.74) is 2.77. The van der Waals surface area contributed by atoms with E-state index in [1.54, 1.807) is 24.3 Å². The Bertz CT molecular complexity index is 531. The molecule has 0 fully saturated rings. The van der Waals surface area contributed by atoms with Gasteiger partial charge in [-0.25, -0.2) is 0 Å². The Kier molecular flexibility index (Phi) is 5.05. The molecular formula is C14H16N4O. The minimum atomic E-state index is -0.946. The zero-order valence-electron chi connectivity index (χ0n) is 11.0. The van der Waals surface area contributed by atoms with Gasteiger partial charge in [0, 0.05) is 5.56 Å². The van der Waals surface area contributed by atoms with Gasteiger partial charge < -0.3 is 5.11 Å². The minimum absolute atomic E-state index is 0.258. The van der Waals surface area contributed by atoms with E-state index in [2.05, 4.69) is 10.5 Å². The van der Waals surface area contributed by atoms with Gasteiger partial charge >= 0.3 is 0 Å². The molecule has 0 spiro atoms. The maximum atomic E-state index is 10.5. The van der Waals surface area contributed by atoms with Crippen LogP contribution in [0.5, 0.6) is 0 Å². The summed E-state index contributed by atoms with van der Waals surface area (Å²) in [4.78, 5) is 0. The monoisotopic (exact) mass is 256 g/mol. The normalized spacial score (nSPS) is 10.2. The molecule has 0 saturated carbocycles. The fraction of sp³-hybridized carbons (Fsp3) is 0.357. The van der Waals surface area contributed by atoms with Crippen molar-refractivity contribution < 1.29 is 5.11 Å². The van der Waals surface area contributed by atoms with E-state index in [4.69, 9.17) is 10.5 Å². The first-order chi connectivity index (χ1) is 9.11. The number of anilines is 1. The summed E-state index contributed by atoms with van der Waals surface area (Å²) in [5, 5.41) is 31.5. The number of nitriles is 2. The molecule has 1 rings (SSSR count). The summed E-state index contributed by atoms with van der Waals surface area (Å²) in [7, 11) is 0. The predicted molar refractivity (Wildman–Crippen MR) is 73.2 cm³/mol. The standard InChI is InChI=1S/C14H16N4O/c1-3-14(19,4-2)12-7-5-6-8-13(12)18-17-11(9-15)10-16/h5-8,18-19H,3-4H2,1-2H3. The highest BCUT2D eigenvalue weighted by molar-refractivity contribution is 6.10. The van der Waals surface area contributed by atoms with Gasteiger partial charge in [-0.3, -0.25) is 5.43 Å². The van der Waals surface area contributed by atoms with E-state index in [0.29, 0.717) is 24.1 Å². The van der Waals surface area contributed by atoms with Crippen LogP contribution >= 0.6 is 0 Å². The average molecular weight is 256 g/mol. The molecule has 19 heavy (non-hydrogen) atoms. The van der Waals surface area contributed by atoms with Crippen molar-refractivity contribution in [2.45, 2.75) is 32.3 Å². The molecule has 0 atom stereocenters. The Balaban J connectivity index is 3.15. The van der Waals surface area contributed by atoms with E-state index in [0.717, 1.165) is 0 Å². The number of hydrogen-bond donors (Lipinski definition) is 2. The molecule has 0 aliphatic rings. The smallest absolute Gasteiger partial charge is 0.237 e. The first-order valence-corrected chi connectivity index (χ1v) is 6.07. The summed E-state index contributed by atoms with van der Waals surface area (Å²) in [6, 6.07) is 10.5.